The maximum atomic E-state index is 12.6. The Morgan fingerprint density at radius 1 is 1.28 bits per heavy atom. The van der Waals surface area contributed by atoms with Gasteiger partial charge in [0.05, 0.1) is 23.8 Å². The zero-order valence-electron chi connectivity index (χ0n) is 13.9. The predicted molar refractivity (Wildman–Crippen MR) is 91.8 cm³/mol. The summed E-state index contributed by atoms with van der Waals surface area (Å²) in [6.45, 7) is 4.22. The van der Waals surface area contributed by atoms with Crippen LogP contribution in [-0.4, -0.2) is 16.9 Å². The average Bonchev–Trinajstić information content (AvgIpc) is 3.00. The van der Waals surface area contributed by atoms with E-state index in [4.69, 9.17) is 5.73 Å². The number of thiazole rings is 1. The summed E-state index contributed by atoms with van der Waals surface area (Å²) in [6, 6.07) is 4.28. The highest BCUT2D eigenvalue weighted by molar-refractivity contribution is 7.13. The molecule has 1 heterocycles. The van der Waals surface area contributed by atoms with Gasteiger partial charge in [-0.1, -0.05) is 26.0 Å². The highest BCUT2D eigenvalue weighted by Gasteiger charge is 2.30. The van der Waals surface area contributed by atoms with E-state index in [0.29, 0.717) is 28.6 Å². The molecule has 0 unspecified atom stereocenters. The standard InChI is InChI=1S/C17H20F3N3OS/c1-10(2)7-14(21)15(24)22-8-13-9-25-16(23-13)11-3-5-12(6-4-11)17(18,19)20/h3-6,9-10,14H,7-8,21H2,1-2H3,(H,22,24)/t14-/m0/s1. The monoisotopic (exact) mass is 371 g/mol. The molecular formula is C17H20F3N3OS. The van der Waals surface area contributed by atoms with Gasteiger partial charge >= 0.3 is 6.18 Å². The number of carbonyl (C=O) groups is 1. The van der Waals surface area contributed by atoms with Gasteiger partial charge in [-0.2, -0.15) is 13.2 Å². The number of hydrogen-bond donors (Lipinski definition) is 2. The molecule has 0 aliphatic heterocycles. The lowest BCUT2D eigenvalue weighted by Crippen LogP contribution is -2.41. The van der Waals surface area contributed by atoms with Crippen LogP contribution >= 0.6 is 11.3 Å². The molecule has 0 saturated heterocycles. The molecule has 2 aromatic rings. The Hall–Kier alpha value is -1.93. The lowest BCUT2D eigenvalue weighted by molar-refractivity contribution is -0.137. The Labute approximate surface area is 148 Å². The van der Waals surface area contributed by atoms with Gasteiger partial charge in [0.25, 0.3) is 0 Å². The maximum absolute atomic E-state index is 12.6. The van der Waals surface area contributed by atoms with Gasteiger partial charge in [-0.25, -0.2) is 4.98 Å². The Bertz CT molecular complexity index is 711. The Morgan fingerprint density at radius 2 is 1.92 bits per heavy atom. The molecule has 0 saturated carbocycles. The SMILES string of the molecule is CC(C)C[C@H](N)C(=O)NCc1csc(-c2ccc(C(F)(F)F)cc2)n1. The summed E-state index contributed by atoms with van der Waals surface area (Å²) in [4.78, 5) is 16.2. The van der Waals surface area contributed by atoms with Crippen molar-refractivity contribution in [2.24, 2.45) is 11.7 Å². The number of rotatable bonds is 6. The summed E-state index contributed by atoms with van der Waals surface area (Å²) in [5, 5.41) is 5.10. The molecule has 1 aromatic heterocycles. The molecule has 1 aromatic carbocycles. The first-order chi connectivity index (χ1) is 11.7. The van der Waals surface area contributed by atoms with Crippen molar-refractivity contribution in [3.8, 4) is 10.6 Å². The third kappa shape index (κ3) is 5.54. The van der Waals surface area contributed by atoms with Crippen molar-refractivity contribution in [1.82, 2.24) is 10.3 Å². The number of nitrogens with zero attached hydrogens (tertiary/aromatic N) is 1. The molecule has 0 aliphatic rings. The van der Waals surface area contributed by atoms with Crippen LogP contribution in [0.3, 0.4) is 0 Å². The fourth-order valence-corrected chi connectivity index (χ4v) is 3.07. The first kappa shape index (κ1) is 19.4. The molecular weight excluding hydrogens is 351 g/mol. The molecule has 4 nitrogen and oxygen atoms in total. The zero-order valence-corrected chi connectivity index (χ0v) is 14.7. The van der Waals surface area contributed by atoms with E-state index < -0.39 is 17.8 Å². The van der Waals surface area contributed by atoms with Crippen LogP contribution in [0.15, 0.2) is 29.6 Å². The first-order valence-electron chi connectivity index (χ1n) is 7.82. The second-order valence-electron chi connectivity index (χ2n) is 6.17. The number of nitrogens with one attached hydrogen (secondary N) is 1. The molecule has 1 amide bonds. The smallest absolute Gasteiger partial charge is 0.349 e. The number of halogens is 3. The van der Waals surface area contributed by atoms with E-state index in [-0.39, 0.29) is 12.5 Å². The molecule has 0 fully saturated rings. The molecule has 136 valence electrons. The Balaban J connectivity index is 1.97. The van der Waals surface area contributed by atoms with Crippen LogP contribution in [0.25, 0.3) is 10.6 Å². The second-order valence-corrected chi connectivity index (χ2v) is 7.03. The Morgan fingerprint density at radius 3 is 2.48 bits per heavy atom. The second kappa shape index (κ2) is 7.97. The lowest BCUT2D eigenvalue weighted by Gasteiger charge is -2.13. The number of nitrogens with two attached hydrogens (primary N) is 1. The molecule has 1 atom stereocenters. The van der Waals surface area contributed by atoms with E-state index >= 15 is 0 Å². The van der Waals surface area contributed by atoms with Crippen LogP contribution in [0.2, 0.25) is 0 Å². The molecule has 0 spiro atoms. The van der Waals surface area contributed by atoms with E-state index in [9.17, 15) is 18.0 Å². The largest absolute Gasteiger partial charge is 0.416 e. The van der Waals surface area contributed by atoms with Crippen molar-refractivity contribution in [3.05, 3.63) is 40.9 Å². The Kier molecular flexibility index (Phi) is 6.18. The number of hydrogen-bond acceptors (Lipinski definition) is 4. The third-order valence-electron chi connectivity index (χ3n) is 3.52. The van der Waals surface area contributed by atoms with Crippen LogP contribution in [-0.2, 0) is 17.5 Å². The minimum absolute atomic E-state index is 0.238. The molecule has 0 bridgehead atoms. The normalized spacial score (nSPS) is 13.1. The van der Waals surface area contributed by atoms with Crippen LogP contribution < -0.4 is 11.1 Å². The number of amides is 1. The summed E-state index contributed by atoms with van der Waals surface area (Å²) < 4.78 is 37.7. The van der Waals surface area contributed by atoms with Gasteiger partial charge in [0.15, 0.2) is 0 Å². The molecule has 0 radical (unpaired) electrons. The van der Waals surface area contributed by atoms with Crippen molar-refractivity contribution in [3.63, 3.8) is 0 Å². The van der Waals surface area contributed by atoms with E-state index in [0.717, 1.165) is 12.1 Å². The van der Waals surface area contributed by atoms with Gasteiger partial charge < -0.3 is 11.1 Å². The quantitative estimate of drug-likeness (QED) is 0.811. The number of carbonyl (C=O) groups excluding carboxylic acids is 1. The van der Waals surface area contributed by atoms with Gasteiger partial charge in [0.2, 0.25) is 5.91 Å². The van der Waals surface area contributed by atoms with Crippen molar-refractivity contribution >= 4 is 17.2 Å². The van der Waals surface area contributed by atoms with Crippen molar-refractivity contribution < 1.29 is 18.0 Å². The van der Waals surface area contributed by atoms with Crippen LogP contribution in [0.5, 0.6) is 0 Å². The van der Waals surface area contributed by atoms with E-state index in [2.05, 4.69) is 10.3 Å². The molecule has 3 N–H and O–H groups in total. The summed E-state index contributed by atoms with van der Waals surface area (Å²) in [6.07, 6.45) is -3.76. The predicted octanol–water partition coefficient (Wildman–Crippen LogP) is 3.82. The third-order valence-corrected chi connectivity index (χ3v) is 4.46. The van der Waals surface area contributed by atoms with Gasteiger partial charge in [-0.3, -0.25) is 4.79 Å². The molecule has 2 rings (SSSR count). The minimum Gasteiger partial charge on any atom is -0.349 e. The minimum atomic E-state index is -4.36. The molecule has 8 heteroatoms. The lowest BCUT2D eigenvalue weighted by atomic mass is 10.0. The highest BCUT2D eigenvalue weighted by atomic mass is 32.1. The van der Waals surface area contributed by atoms with E-state index in [1.165, 1.54) is 23.5 Å². The maximum Gasteiger partial charge on any atom is 0.416 e. The summed E-state index contributed by atoms with van der Waals surface area (Å²) >= 11 is 1.31. The van der Waals surface area contributed by atoms with Crippen molar-refractivity contribution in [1.29, 1.82) is 0 Å². The summed E-state index contributed by atoms with van der Waals surface area (Å²) in [5.41, 5.74) is 6.36. The van der Waals surface area contributed by atoms with Gasteiger partial charge in [0.1, 0.15) is 5.01 Å². The van der Waals surface area contributed by atoms with Gasteiger partial charge in [0, 0.05) is 10.9 Å². The summed E-state index contributed by atoms with van der Waals surface area (Å²) in [5.74, 6) is 0.0871. The van der Waals surface area contributed by atoms with Crippen molar-refractivity contribution in [2.75, 3.05) is 0 Å². The van der Waals surface area contributed by atoms with Crippen LogP contribution in [0.4, 0.5) is 13.2 Å². The fraction of sp³-hybridized carbons (Fsp3) is 0.412. The number of alkyl halides is 3. The first-order valence-corrected chi connectivity index (χ1v) is 8.70. The van der Waals surface area contributed by atoms with Gasteiger partial charge in [-0.15, -0.1) is 11.3 Å². The highest BCUT2D eigenvalue weighted by Crippen LogP contribution is 2.31. The summed E-state index contributed by atoms with van der Waals surface area (Å²) in [7, 11) is 0. The molecule has 25 heavy (non-hydrogen) atoms. The number of benzene rings is 1. The van der Waals surface area contributed by atoms with Crippen molar-refractivity contribution in [2.45, 2.75) is 39.0 Å². The van der Waals surface area contributed by atoms with Crippen LogP contribution in [0.1, 0.15) is 31.5 Å². The van der Waals surface area contributed by atoms with E-state index in [1.54, 1.807) is 5.38 Å². The van der Waals surface area contributed by atoms with Crippen LogP contribution in [0, 0.1) is 5.92 Å². The average molecular weight is 371 g/mol. The topological polar surface area (TPSA) is 68.0 Å². The van der Waals surface area contributed by atoms with E-state index in [1.807, 2.05) is 13.8 Å². The number of aromatic nitrogens is 1. The van der Waals surface area contributed by atoms with Gasteiger partial charge in [-0.05, 0) is 24.5 Å². The fourth-order valence-electron chi connectivity index (χ4n) is 2.25. The zero-order chi connectivity index (χ0) is 18.6. The molecule has 0 aliphatic carbocycles.